The molecule has 1 aliphatic rings. The van der Waals surface area contributed by atoms with E-state index in [-0.39, 0.29) is 0 Å². The van der Waals surface area contributed by atoms with Gasteiger partial charge in [0, 0.05) is 12.6 Å². The van der Waals surface area contributed by atoms with Gasteiger partial charge in [-0.15, -0.1) is 0 Å². The van der Waals surface area contributed by atoms with Crippen LogP contribution >= 0.6 is 0 Å². The quantitative estimate of drug-likeness (QED) is 0.539. The lowest BCUT2D eigenvalue weighted by molar-refractivity contribution is 0.00649. The minimum atomic E-state index is 0.603. The van der Waals surface area contributed by atoms with Crippen molar-refractivity contribution in [1.29, 1.82) is 0 Å². The normalized spacial score (nSPS) is 24.4. The molecule has 3 nitrogen and oxygen atoms in total. The molecule has 0 aromatic heterocycles. The second-order valence-corrected chi connectivity index (χ2v) is 4.68. The van der Waals surface area contributed by atoms with E-state index < -0.39 is 0 Å². The lowest BCUT2D eigenvalue weighted by Gasteiger charge is -2.32. The molecule has 1 atom stereocenters. The van der Waals surface area contributed by atoms with Gasteiger partial charge >= 0.3 is 0 Å². The van der Waals surface area contributed by atoms with Crippen LogP contribution in [0.4, 0.5) is 0 Å². The topological polar surface area (TPSA) is 24.5 Å². The number of hydrogen-bond donors (Lipinski definition) is 1. The third kappa shape index (κ3) is 4.40. The summed E-state index contributed by atoms with van der Waals surface area (Å²) >= 11 is 0. The Balaban J connectivity index is 2.04. The van der Waals surface area contributed by atoms with Crippen LogP contribution in [-0.4, -0.2) is 37.7 Å². The molecule has 1 fully saturated rings. The molecule has 0 saturated carbocycles. The van der Waals surface area contributed by atoms with Crippen LogP contribution in [0.1, 0.15) is 33.1 Å². The minimum Gasteiger partial charge on any atom is -0.302 e. The fourth-order valence-corrected chi connectivity index (χ4v) is 1.78. The molecule has 0 aromatic carbocycles. The maximum absolute atomic E-state index is 5.37. The van der Waals surface area contributed by atoms with Gasteiger partial charge in [-0.05, 0) is 32.4 Å². The van der Waals surface area contributed by atoms with Gasteiger partial charge in [-0.2, -0.15) is 0 Å². The SMILES string of the molecule is CC(C)CONCC1CCCCN1C. The van der Waals surface area contributed by atoms with Crippen LogP contribution in [0.3, 0.4) is 0 Å². The Labute approximate surface area is 87.8 Å². The summed E-state index contributed by atoms with van der Waals surface area (Å²) in [6, 6.07) is 0.663. The first-order valence-electron chi connectivity index (χ1n) is 5.75. The van der Waals surface area contributed by atoms with Crippen molar-refractivity contribution in [3.05, 3.63) is 0 Å². The second kappa shape index (κ2) is 6.38. The maximum atomic E-state index is 5.37. The van der Waals surface area contributed by atoms with E-state index in [0.29, 0.717) is 12.0 Å². The van der Waals surface area contributed by atoms with Crippen LogP contribution in [0.25, 0.3) is 0 Å². The predicted octanol–water partition coefficient (Wildman–Crippen LogP) is 1.65. The molecule has 3 heteroatoms. The van der Waals surface area contributed by atoms with Crippen molar-refractivity contribution in [3.8, 4) is 0 Å². The molecule has 0 amide bonds. The van der Waals surface area contributed by atoms with Crippen LogP contribution in [-0.2, 0) is 4.84 Å². The zero-order valence-electron chi connectivity index (χ0n) is 9.75. The van der Waals surface area contributed by atoms with Gasteiger partial charge in [-0.25, -0.2) is 5.48 Å². The highest BCUT2D eigenvalue weighted by Crippen LogP contribution is 2.13. The predicted molar refractivity (Wildman–Crippen MR) is 59.1 cm³/mol. The summed E-state index contributed by atoms with van der Waals surface area (Å²) in [5.41, 5.74) is 3.08. The van der Waals surface area contributed by atoms with E-state index in [1.54, 1.807) is 0 Å². The van der Waals surface area contributed by atoms with E-state index >= 15 is 0 Å². The molecule has 1 rings (SSSR count). The van der Waals surface area contributed by atoms with Crippen LogP contribution in [0.5, 0.6) is 0 Å². The molecule has 0 aliphatic carbocycles. The number of likely N-dealkylation sites (tertiary alicyclic amines) is 1. The fourth-order valence-electron chi connectivity index (χ4n) is 1.78. The molecule has 14 heavy (non-hydrogen) atoms. The van der Waals surface area contributed by atoms with E-state index in [1.165, 1.54) is 25.8 Å². The Bertz CT molecular complexity index is 150. The molecule has 0 spiro atoms. The third-order valence-corrected chi connectivity index (χ3v) is 2.76. The van der Waals surface area contributed by atoms with Crippen molar-refractivity contribution in [2.24, 2.45) is 5.92 Å². The van der Waals surface area contributed by atoms with E-state index in [0.717, 1.165) is 13.2 Å². The van der Waals surface area contributed by atoms with Crippen molar-refractivity contribution in [2.75, 3.05) is 26.7 Å². The molecule has 0 bridgehead atoms. The maximum Gasteiger partial charge on any atom is 0.0705 e. The van der Waals surface area contributed by atoms with Gasteiger partial charge in [0.15, 0.2) is 0 Å². The number of piperidine rings is 1. The minimum absolute atomic E-state index is 0.603. The van der Waals surface area contributed by atoms with Crippen LogP contribution in [0.2, 0.25) is 0 Å². The summed E-state index contributed by atoms with van der Waals surface area (Å²) in [5.74, 6) is 0.603. The molecule has 1 heterocycles. The van der Waals surface area contributed by atoms with Gasteiger partial charge in [-0.1, -0.05) is 20.3 Å². The Morgan fingerprint density at radius 2 is 2.21 bits per heavy atom. The van der Waals surface area contributed by atoms with Gasteiger partial charge in [0.25, 0.3) is 0 Å². The molecular weight excluding hydrogens is 176 g/mol. The summed E-state index contributed by atoms with van der Waals surface area (Å²) in [6.07, 6.45) is 4.01. The van der Waals surface area contributed by atoms with Gasteiger partial charge in [-0.3, -0.25) is 0 Å². The summed E-state index contributed by atoms with van der Waals surface area (Å²) in [6.45, 7) is 7.32. The van der Waals surface area contributed by atoms with Crippen molar-refractivity contribution >= 4 is 0 Å². The van der Waals surface area contributed by atoms with Crippen molar-refractivity contribution in [2.45, 2.75) is 39.2 Å². The van der Waals surface area contributed by atoms with Gasteiger partial charge in [0.2, 0.25) is 0 Å². The van der Waals surface area contributed by atoms with Crippen LogP contribution in [0.15, 0.2) is 0 Å². The van der Waals surface area contributed by atoms with E-state index in [2.05, 4.69) is 31.3 Å². The Kier molecular flexibility index (Phi) is 5.45. The van der Waals surface area contributed by atoms with Crippen molar-refractivity contribution in [3.63, 3.8) is 0 Å². The first-order chi connectivity index (χ1) is 6.70. The molecular formula is C11H24N2O. The zero-order valence-corrected chi connectivity index (χ0v) is 9.75. The number of hydrogen-bond acceptors (Lipinski definition) is 3. The largest absolute Gasteiger partial charge is 0.302 e. The fraction of sp³-hybridized carbons (Fsp3) is 1.00. The van der Waals surface area contributed by atoms with Gasteiger partial charge in [0.1, 0.15) is 0 Å². The Morgan fingerprint density at radius 3 is 2.86 bits per heavy atom. The number of hydroxylamine groups is 1. The monoisotopic (exact) mass is 200 g/mol. The van der Waals surface area contributed by atoms with Crippen LogP contribution in [0, 0.1) is 5.92 Å². The highest BCUT2D eigenvalue weighted by Gasteiger charge is 2.18. The summed E-state index contributed by atoms with van der Waals surface area (Å²) in [4.78, 5) is 7.80. The molecule has 0 radical (unpaired) electrons. The van der Waals surface area contributed by atoms with Crippen LogP contribution < -0.4 is 5.48 Å². The number of nitrogens with zero attached hydrogens (tertiary/aromatic N) is 1. The number of rotatable bonds is 5. The highest BCUT2D eigenvalue weighted by atomic mass is 16.6. The first-order valence-corrected chi connectivity index (χ1v) is 5.75. The Morgan fingerprint density at radius 1 is 1.43 bits per heavy atom. The van der Waals surface area contributed by atoms with Crippen molar-refractivity contribution < 1.29 is 4.84 Å². The van der Waals surface area contributed by atoms with Crippen molar-refractivity contribution in [1.82, 2.24) is 10.4 Å². The number of nitrogens with one attached hydrogen (secondary N) is 1. The number of likely N-dealkylation sites (N-methyl/N-ethyl adjacent to an activating group) is 1. The Hall–Kier alpha value is -0.120. The third-order valence-electron chi connectivity index (χ3n) is 2.76. The lowest BCUT2D eigenvalue weighted by atomic mass is 10.0. The summed E-state index contributed by atoms with van der Waals surface area (Å²) in [5, 5.41) is 0. The molecule has 1 aliphatic heterocycles. The molecule has 0 aromatic rings. The van der Waals surface area contributed by atoms with E-state index in [4.69, 9.17) is 4.84 Å². The first kappa shape index (κ1) is 12.0. The smallest absolute Gasteiger partial charge is 0.0705 e. The lowest BCUT2D eigenvalue weighted by Crippen LogP contribution is -2.43. The highest BCUT2D eigenvalue weighted by molar-refractivity contribution is 4.74. The van der Waals surface area contributed by atoms with E-state index in [1.807, 2.05) is 0 Å². The van der Waals surface area contributed by atoms with Gasteiger partial charge < -0.3 is 9.74 Å². The summed E-state index contributed by atoms with van der Waals surface area (Å²) < 4.78 is 0. The average molecular weight is 200 g/mol. The molecule has 84 valence electrons. The zero-order chi connectivity index (χ0) is 10.4. The standard InChI is InChI=1S/C11H24N2O/c1-10(2)9-14-12-8-11-6-4-5-7-13(11)3/h10-12H,4-9H2,1-3H3. The summed E-state index contributed by atoms with van der Waals surface area (Å²) in [7, 11) is 2.20. The van der Waals surface area contributed by atoms with E-state index in [9.17, 15) is 0 Å². The van der Waals surface area contributed by atoms with Gasteiger partial charge in [0.05, 0.1) is 6.61 Å². The molecule has 1 unspecified atom stereocenters. The molecule has 1 N–H and O–H groups in total. The molecule has 1 saturated heterocycles. The average Bonchev–Trinajstić information content (AvgIpc) is 2.15. The second-order valence-electron chi connectivity index (χ2n) is 4.68.